The van der Waals surface area contributed by atoms with Crippen LogP contribution in [0.4, 0.5) is 5.13 Å². The fourth-order valence-electron chi connectivity index (χ4n) is 3.14. The number of halogens is 1. The van der Waals surface area contributed by atoms with Crippen LogP contribution < -0.4 is 9.46 Å². The number of hydrogen-bond donors (Lipinski definition) is 1. The largest absolute Gasteiger partial charge is 0.487 e. The Balaban J connectivity index is 1.40. The summed E-state index contributed by atoms with van der Waals surface area (Å²) >= 11 is 7.32. The molecule has 1 fully saturated rings. The van der Waals surface area contributed by atoms with Crippen molar-refractivity contribution in [1.82, 2.24) is 9.88 Å². The predicted octanol–water partition coefficient (Wildman–Crippen LogP) is 3.89. The Kier molecular flexibility index (Phi) is 5.94. The van der Waals surface area contributed by atoms with Gasteiger partial charge in [-0.2, -0.15) is 0 Å². The van der Waals surface area contributed by atoms with E-state index in [9.17, 15) is 13.2 Å². The third kappa shape index (κ3) is 4.58. The lowest BCUT2D eigenvalue weighted by Gasteiger charge is -2.18. The van der Waals surface area contributed by atoms with Gasteiger partial charge >= 0.3 is 0 Å². The zero-order valence-electron chi connectivity index (χ0n) is 15.7. The molecule has 1 aromatic heterocycles. The maximum absolute atomic E-state index is 12.8. The van der Waals surface area contributed by atoms with E-state index in [-0.39, 0.29) is 22.0 Å². The second-order valence-electron chi connectivity index (χ2n) is 6.68. The molecule has 30 heavy (non-hydrogen) atoms. The fourth-order valence-corrected chi connectivity index (χ4v) is 5.10. The second kappa shape index (κ2) is 8.63. The molecule has 0 spiro atoms. The van der Waals surface area contributed by atoms with Crippen LogP contribution in [0, 0.1) is 0 Å². The van der Waals surface area contributed by atoms with Crippen molar-refractivity contribution in [2.75, 3.05) is 17.8 Å². The van der Waals surface area contributed by atoms with E-state index in [1.807, 2.05) is 12.1 Å². The van der Waals surface area contributed by atoms with Gasteiger partial charge in [-0.25, -0.2) is 13.4 Å². The molecule has 1 amide bonds. The molecule has 1 aliphatic heterocycles. The SMILES string of the molecule is O=C(c1ccc(S(=O)(=O)Nc2nccs2)cc1)N1CC[C@@H](Oc2ccccc2Cl)C1. The summed E-state index contributed by atoms with van der Waals surface area (Å²) in [6.45, 7) is 0.995. The van der Waals surface area contributed by atoms with Gasteiger partial charge in [0.2, 0.25) is 0 Å². The van der Waals surface area contributed by atoms with Crippen molar-refractivity contribution in [3.05, 3.63) is 70.7 Å². The van der Waals surface area contributed by atoms with E-state index in [0.717, 1.165) is 0 Å². The Hall–Kier alpha value is -2.62. The third-order valence-corrected chi connectivity index (χ3v) is 7.11. The average molecular weight is 464 g/mol. The molecule has 156 valence electrons. The fraction of sp³-hybridized carbons (Fsp3) is 0.200. The normalized spacial score (nSPS) is 16.4. The van der Waals surface area contributed by atoms with E-state index in [2.05, 4.69) is 9.71 Å². The monoisotopic (exact) mass is 463 g/mol. The first-order chi connectivity index (χ1) is 14.4. The number of nitrogens with one attached hydrogen (secondary N) is 1. The zero-order chi connectivity index (χ0) is 21.1. The number of anilines is 1. The molecule has 0 radical (unpaired) electrons. The van der Waals surface area contributed by atoms with E-state index >= 15 is 0 Å². The smallest absolute Gasteiger partial charge is 0.263 e. The number of hydrogen-bond acceptors (Lipinski definition) is 6. The average Bonchev–Trinajstić information content (AvgIpc) is 3.41. The molecular weight excluding hydrogens is 446 g/mol. The molecule has 0 unspecified atom stereocenters. The number of ether oxygens (including phenoxy) is 1. The molecule has 0 aliphatic carbocycles. The van der Waals surface area contributed by atoms with Crippen molar-refractivity contribution in [3.63, 3.8) is 0 Å². The van der Waals surface area contributed by atoms with Gasteiger partial charge in [0.15, 0.2) is 5.13 Å². The van der Waals surface area contributed by atoms with Crippen molar-refractivity contribution < 1.29 is 17.9 Å². The minimum atomic E-state index is -3.75. The van der Waals surface area contributed by atoms with E-state index in [1.165, 1.54) is 41.8 Å². The number of para-hydroxylation sites is 1. The van der Waals surface area contributed by atoms with Crippen LogP contribution in [0.1, 0.15) is 16.8 Å². The van der Waals surface area contributed by atoms with Crippen molar-refractivity contribution in [2.24, 2.45) is 0 Å². The maximum Gasteiger partial charge on any atom is 0.263 e. The predicted molar refractivity (Wildman–Crippen MR) is 116 cm³/mol. The molecule has 7 nitrogen and oxygen atoms in total. The summed E-state index contributed by atoms with van der Waals surface area (Å²) in [5.74, 6) is 0.429. The third-order valence-electron chi connectivity index (χ3n) is 4.63. The molecule has 1 saturated heterocycles. The molecule has 1 N–H and O–H groups in total. The molecule has 2 aromatic carbocycles. The Morgan fingerprint density at radius 1 is 1.20 bits per heavy atom. The number of rotatable bonds is 6. The molecule has 2 heterocycles. The quantitative estimate of drug-likeness (QED) is 0.599. The molecule has 1 aliphatic rings. The highest BCUT2D eigenvalue weighted by Gasteiger charge is 2.29. The Labute approximate surface area is 183 Å². The lowest BCUT2D eigenvalue weighted by atomic mass is 10.2. The molecule has 0 saturated carbocycles. The van der Waals surface area contributed by atoms with Crippen molar-refractivity contribution in [2.45, 2.75) is 17.4 Å². The van der Waals surface area contributed by atoms with Crippen molar-refractivity contribution >= 4 is 44.0 Å². The highest BCUT2D eigenvalue weighted by molar-refractivity contribution is 7.93. The van der Waals surface area contributed by atoms with Crippen LogP contribution in [0.5, 0.6) is 5.75 Å². The minimum Gasteiger partial charge on any atom is -0.487 e. The minimum absolute atomic E-state index is 0.0654. The summed E-state index contributed by atoms with van der Waals surface area (Å²) in [7, 11) is -3.75. The van der Waals surface area contributed by atoms with Crippen LogP contribution in [0.2, 0.25) is 5.02 Å². The number of carbonyl (C=O) groups is 1. The summed E-state index contributed by atoms with van der Waals surface area (Å²) in [6, 6.07) is 13.1. The van der Waals surface area contributed by atoms with Gasteiger partial charge in [-0.05, 0) is 36.4 Å². The van der Waals surface area contributed by atoms with Crippen LogP contribution in [-0.4, -0.2) is 43.4 Å². The Bertz CT molecular complexity index is 1140. The van der Waals surface area contributed by atoms with Crippen molar-refractivity contribution in [3.8, 4) is 5.75 Å². The van der Waals surface area contributed by atoms with Crippen LogP contribution in [0.3, 0.4) is 0 Å². The van der Waals surface area contributed by atoms with Gasteiger partial charge in [0.05, 0.1) is 16.5 Å². The summed E-state index contributed by atoms with van der Waals surface area (Å²) in [6.07, 6.45) is 2.07. The summed E-state index contributed by atoms with van der Waals surface area (Å²) in [5, 5.41) is 2.50. The zero-order valence-corrected chi connectivity index (χ0v) is 18.1. The van der Waals surface area contributed by atoms with Crippen molar-refractivity contribution in [1.29, 1.82) is 0 Å². The highest BCUT2D eigenvalue weighted by atomic mass is 35.5. The Morgan fingerprint density at radius 3 is 2.67 bits per heavy atom. The highest BCUT2D eigenvalue weighted by Crippen LogP contribution is 2.27. The number of carbonyl (C=O) groups excluding carboxylic acids is 1. The molecule has 10 heteroatoms. The molecule has 4 rings (SSSR count). The second-order valence-corrected chi connectivity index (χ2v) is 9.66. The van der Waals surface area contributed by atoms with Gasteiger partial charge in [-0.3, -0.25) is 9.52 Å². The van der Waals surface area contributed by atoms with Gasteiger partial charge in [-0.1, -0.05) is 23.7 Å². The summed E-state index contributed by atoms with van der Waals surface area (Å²) in [4.78, 5) is 18.5. The molecular formula is C20H18ClN3O4S2. The van der Waals surface area contributed by atoms with Gasteiger partial charge in [0, 0.05) is 30.1 Å². The van der Waals surface area contributed by atoms with E-state index in [0.29, 0.717) is 35.8 Å². The maximum atomic E-state index is 12.8. The standard InChI is InChI=1S/C20H18ClN3O4S2/c21-17-3-1-2-4-18(17)28-15-9-11-24(13-15)19(25)14-5-7-16(8-6-14)30(26,27)23-20-22-10-12-29-20/h1-8,10,12,15H,9,11,13H2,(H,22,23)/t15-/m1/s1. The van der Waals surface area contributed by atoms with Gasteiger partial charge in [-0.15, -0.1) is 11.3 Å². The van der Waals surface area contributed by atoms with Crippen LogP contribution >= 0.6 is 22.9 Å². The number of thiazole rings is 1. The Morgan fingerprint density at radius 2 is 1.97 bits per heavy atom. The number of likely N-dealkylation sites (tertiary alicyclic amines) is 1. The first kappa shape index (κ1) is 20.6. The number of nitrogens with zero attached hydrogens (tertiary/aromatic N) is 2. The van der Waals surface area contributed by atoms with Gasteiger partial charge in [0.25, 0.3) is 15.9 Å². The summed E-state index contributed by atoms with van der Waals surface area (Å²) < 4.78 is 33.2. The van der Waals surface area contributed by atoms with Crippen LogP contribution in [0.15, 0.2) is 65.0 Å². The van der Waals surface area contributed by atoms with E-state index in [1.54, 1.807) is 22.4 Å². The van der Waals surface area contributed by atoms with Gasteiger partial charge < -0.3 is 9.64 Å². The lowest BCUT2D eigenvalue weighted by molar-refractivity contribution is 0.0772. The van der Waals surface area contributed by atoms with Gasteiger partial charge in [0.1, 0.15) is 11.9 Å². The first-order valence-corrected chi connectivity index (χ1v) is 11.9. The van der Waals surface area contributed by atoms with E-state index < -0.39 is 10.0 Å². The molecule has 3 aromatic rings. The first-order valence-electron chi connectivity index (χ1n) is 9.15. The lowest BCUT2D eigenvalue weighted by Crippen LogP contribution is -2.31. The number of amides is 1. The molecule has 1 atom stereocenters. The van der Waals surface area contributed by atoms with Crippen LogP contribution in [0.25, 0.3) is 0 Å². The number of aromatic nitrogens is 1. The number of benzene rings is 2. The summed E-state index contributed by atoms with van der Waals surface area (Å²) in [5.41, 5.74) is 0.418. The van der Waals surface area contributed by atoms with Crippen LogP contribution in [-0.2, 0) is 10.0 Å². The van der Waals surface area contributed by atoms with E-state index in [4.69, 9.17) is 16.3 Å². The topological polar surface area (TPSA) is 88.6 Å². The molecule has 0 bridgehead atoms. The number of sulfonamides is 1.